The first-order valence-electron chi connectivity index (χ1n) is 5.33. The van der Waals surface area contributed by atoms with Gasteiger partial charge in [0.25, 0.3) is 0 Å². The number of carbonyl (C=O) groups is 1. The van der Waals surface area contributed by atoms with Gasteiger partial charge in [0.05, 0.1) is 0 Å². The van der Waals surface area contributed by atoms with Gasteiger partial charge in [0, 0.05) is 26.2 Å². The molecule has 1 atom stereocenters. The lowest BCUT2D eigenvalue weighted by Gasteiger charge is -2.45. The van der Waals surface area contributed by atoms with Crippen LogP contribution in [-0.2, 0) is 0 Å². The number of hydrogen-bond donors (Lipinski definition) is 0. The van der Waals surface area contributed by atoms with E-state index in [0.29, 0.717) is 0 Å². The van der Waals surface area contributed by atoms with Crippen LogP contribution in [0.15, 0.2) is 0 Å². The first-order valence-corrected chi connectivity index (χ1v) is 5.33. The summed E-state index contributed by atoms with van der Waals surface area (Å²) in [5, 5.41) is 0. The van der Waals surface area contributed by atoms with Crippen molar-refractivity contribution in [2.45, 2.75) is 39.2 Å². The third-order valence-corrected chi connectivity index (χ3v) is 3.04. The predicted molar refractivity (Wildman–Crippen MR) is 58.3 cm³/mol. The summed E-state index contributed by atoms with van der Waals surface area (Å²) in [6.45, 7) is 7.47. The Kier molecular flexibility index (Phi) is 3.07. The van der Waals surface area contributed by atoms with Gasteiger partial charge in [-0.25, -0.2) is 4.79 Å². The highest BCUT2D eigenvalue weighted by atomic mass is 16.2. The van der Waals surface area contributed by atoms with Gasteiger partial charge in [-0.3, -0.25) is 0 Å². The number of hydrogen-bond acceptors (Lipinski definition) is 1. The van der Waals surface area contributed by atoms with Crippen molar-refractivity contribution >= 4 is 6.03 Å². The fraction of sp³-hybridized carbons (Fsp3) is 0.909. The summed E-state index contributed by atoms with van der Waals surface area (Å²) in [5.74, 6) is 0.733. The molecular weight excluding hydrogens is 176 g/mol. The number of amides is 2. The summed E-state index contributed by atoms with van der Waals surface area (Å²) in [6, 6.07) is 0.141. The predicted octanol–water partition coefficient (Wildman–Crippen LogP) is 2.18. The monoisotopic (exact) mass is 198 g/mol. The molecule has 0 saturated carbocycles. The molecule has 14 heavy (non-hydrogen) atoms. The third kappa shape index (κ3) is 2.20. The van der Waals surface area contributed by atoms with Gasteiger partial charge < -0.3 is 9.80 Å². The number of rotatable bonds is 0. The van der Waals surface area contributed by atoms with E-state index >= 15 is 0 Å². The second kappa shape index (κ2) is 3.79. The largest absolute Gasteiger partial charge is 0.331 e. The highest BCUT2D eigenvalue weighted by molar-refractivity contribution is 5.74. The van der Waals surface area contributed by atoms with E-state index in [1.165, 1.54) is 0 Å². The molecule has 1 aliphatic rings. The molecule has 0 spiro atoms. The minimum absolute atomic E-state index is 0.0129. The van der Waals surface area contributed by atoms with Crippen molar-refractivity contribution in [3.63, 3.8) is 0 Å². The van der Waals surface area contributed by atoms with Crippen LogP contribution in [0.3, 0.4) is 0 Å². The van der Waals surface area contributed by atoms with Gasteiger partial charge in [-0.1, -0.05) is 6.92 Å². The normalized spacial score (nSPS) is 26.1. The number of carbonyl (C=O) groups excluding carboxylic acids is 1. The summed E-state index contributed by atoms with van der Waals surface area (Å²) < 4.78 is 0. The van der Waals surface area contributed by atoms with Gasteiger partial charge in [0.15, 0.2) is 0 Å². The third-order valence-electron chi connectivity index (χ3n) is 3.04. The van der Waals surface area contributed by atoms with Crippen molar-refractivity contribution < 1.29 is 4.79 Å². The molecule has 0 aromatic carbocycles. The molecule has 1 saturated heterocycles. The molecule has 2 amide bonds. The van der Waals surface area contributed by atoms with Crippen LogP contribution in [0.1, 0.15) is 33.6 Å². The van der Waals surface area contributed by atoms with Crippen LogP contribution in [0.5, 0.6) is 0 Å². The van der Waals surface area contributed by atoms with Crippen molar-refractivity contribution in [2.24, 2.45) is 5.92 Å². The minimum Gasteiger partial charge on any atom is -0.331 e. The van der Waals surface area contributed by atoms with E-state index in [0.717, 1.165) is 25.3 Å². The maximum absolute atomic E-state index is 11.9. The van der Waals surface area contributed by atoms with Crippen molar-refractivity contribution in [2.75, 3.05) is 20.6 Å². The molecule has 1 aliphatic heterocycles. The minimum atomic E-state index is 0.0129. The van der Waals surface area contributed by atoms with E-state index in [4.69, 9.17) is 0 Å². The summed E-state index contributed by atoms with van der Waals surface area (Å²) in [5.41, 5.74) is 0.0129. The lowest BCUT2D eigenvalue weighted by Crippen LogP contribution is -2.55. The molecule has 0 aliphatic carbocycles. The van der Waals surface area contributed by atoms with E-state index in [-0.39, 0.29) is 11.6 Å². The molecule has 3 heteroatoms. The lowest BCUT2D eigenvalue weighted by molar-refractivity contribution is 0.0660. The summed E-state index contributed by atoms with van der Waals surface area (Å²) in [4.78, 5) is 15.5. The zero-order valence-corrected chi connectivity index (χ0v) is 10.0. The van der Waals surface area contributed by atoms with Crippen molar-refractivity contribution in [1.82, 2.24) is 9.80 Å². The van der Waals surface area contributed by atoms with Crippen LogP contribution in [-0.4, -0.2) is 42.0 Å². The van der Waals surface area contributed by atoms with Gasteiger partial charge in [-0.15, -0.1) is 0 Å². The number of likely N-dealkylation sites (tertiary alicyclic amines) is 1. The Morgan fingerprint density at radius 1 is 1.43 bits per heavy atom. The number of piperidine rings is 1. The average Bonchev–Trinajstić information content (AvgIpc) is 2.01. The molecule has 0 aromatic rings. The Bertz CT molecular complexity index is 223. The fourth-order valence-electron chi connectivity index (χ4n) is 2.31. The fourth-order valence-corrected chi connectivity index (χ4v) is 2.31. The van der Waals surface area contributed by atoms with E-state index in [1.54, 1.807) is 4.90 Å². The van der Waals surface area contributed by atoms with E-state index in [2.05, 4.69) is 20.8 Å². The Balaban J connectivity index is 2.74. The van der Waals surface area contributed by atoms with Crippen LogP contribution < -0.4 is 0 Å². The first-order chi connectivity index (χ1) is 6.34. The molecule has 1 unspecified atom stereocenters. The molecule has 1 heterocycles. The maximum atomic E-state index is 11.9. The second-order valence-electron chi connectivity index (χ2n) is 5.24. The highest BCUT2D eigenvalue weighted by Gasteiger charge is 2.36. The topological polar surface area (TPSA) is 23.6 Å². The van der Waals surface area contributed by atoms with E-state index in [1.807, 2.05) is 19.0 Å². The van der Waals surface area contributed by atoms with Gasteiger partial charge in [0.2, 0.25) is 0 Å². The zero-order chi connectivity index (χ0) is 10.9. The van der Waals surface area contributed by atoms with Crippen molar-refractivity contribution in [1.29, 1.82) is 0 Å². The quantitative estimate of drug-likeness (QED) is 0.585. The van der Waals surface area contributed by atoms with Gasteiger partial charge >= 0.3 is 6.03 Å². The van der Waals surface area contributed by atoms with Gasteiger partial charge in [-0.05, 0) is 32.6 Å². The lowest BCUT2D eigenvalue weighted by atomic mass is 9.84. The van der Waals surface area contributed by atoms with Crippen LogP contribution in [0.25, 0.3) is 0 Å². The van der Waals surface area contributed by atoms with Gasteiger partial charge in [0.1, 0.15) is 0 Å². The Morgan fingerprint density at radius 2 is 2.00 bits per heavy atom. The van der Waals surface area contributed by atoms with Crippen LogP contribution >= 0.6 is 0 Å². The molecule has 82 valence electrons. The summed E-state index contributed by atoms with van der Waals surface area (Å²) in [7, 11) is 3.63. The van der Waals surface area contributed by atoms with E-state index < -0.39 is 0 Å². The zero-order valence-electron chi connectivity index (χ0n) is 10.0. The Hall–Kier alpha value is -0.730. The SMILES string of the molecule is CC1CCN(C(=O)N(C)C)C(C)(C)C1. The standard InChI is InChI=1S/C11H22N2O/c1-9-6-7-13(10(14)12(4)5)11(2,3)8-9/h9H,6-8H2,1-5H3. The molecule has 0 N–H and O–H groups in total. The molecule has 0 aromatic heterocycles. The molecule has 1 rings (SSSR count). The molecule has 1 fully saturated rings. The maximum Gasteiger partial charge on any atom is 0.319 e. The second-order valence-corrected chi connectivity index (χ2v) is 5.24. The van der Waals surface area contributed by atoms with Crippen LogP contribution in [0.4, 0.5) is 4.79 Å². The molecule has 0 radical (unpaired) electrons. The van der Waals surface area contributed by atoms with Crippen LogP contribution in [0, 0.1) is 5.92 Å². The average molecular weight is 198 g/mol. The van der Waals surface area contributed by atoms with E-state index in [9.17, 15) is 4.79 Å². The highest BCUT2D eigenvalue weighted by Crippen LogP contribution is 2.31. The smallest absolute Gasteiger partial charge is 0.319 e. The molecule has 3 nitrogen and oxygen atoms in total. The van der Waals surface area contributed by atoms with Gasteiger partial charge in [-0.2, -0.15) is 0 Å². The molecular formula is C11H22N2O. The van der Waals surface area contributed by atoms with Crippen LogP contribution in [0.2, 0.25) is 0 Å². The Morgan fingerprint density at radius 3 is 2.43 bits per heavy atom. The summed E-state index contributed by atoms with van der Waals surface area (Å²) in [6.07, 6.45) is 2.23. The van der Waals surface area contributed by atoms with Crippen molar-refractivity contribution in [3.05, 3.63) is 0 Å². The number of urea groups is 1. The Labute approximate surface area is 87.1 Å². The number of nitrogens with zero attached hydrogens (tertiary/aromatic N) is 2. The van der Waals surface area contributed by atoms with Crippen molar-refractivity contribution in [3.8, 4) is 0 Å². The first kappa shape index (κ1) is 11.3. The molecule has 0 bridgehead atoms. The summed E-state index contributed by atoms with van der Waals surface area (Å²) >= 11 is 0.